The molecule has 20 nitrogen and oxygen atoms in total. The number of aromatic nitrogens is 8. The Bertz CT molecular complexity index is 9270. The van der Waals surface area contributed by atoms with Crippen LogP contribution in [0, 0.1) is 0 Å². The average molecular weight is 2000 g/mol. The van der Waals surface area contributed by atoms with Crippen LogP contribution in [0.4, 0.5) is 37.1 Å². The summed E-state index contributed by atoms with van der Waals surface area (Å²) in [6.45, 7) is -5.82. The van der Waals surface area contributed by atoms with Gasteiger partial charge in [-0.3, -0.25) is 0 Å². The normalized spacial score (nSPS) is 18.3. The van der Waals surface area contributed by atoms with Gasteiger partial charge in [-0.1, -0.05) is 6.07 Å². The summed E-state index contributed by atoms with van der Waals surface area (Å²) in [4.78, 5) is 98.3. The molecule has 16 aromatic carbocycles. The Morgan fingerprint density at radius 1 is 0.214 bits per heavy atom. The van der Waals surface area contributed by atoms with E-state index in [1.54, 1.807) is 24.3 Å². The van der Waals surface area contributed by atoms with Crippen LogP contribution in [0.15, 0.2) is 406 Å². The van der Waals surface area contributed by atoms with Gasteiger partial charge in [0.2, 0.25) is 0 Å². The SMILES string of the molecule is O=C(OCc1ccccc1)c1cccc(-c2ccccc2)c1[O][Ti]([F])([F])([F])([F])([F])([F])([F])([F])([F])([F])([F])([F])([O]c1c(C(=O)OCc2ccccc2)cccc1-c1ccccc1)([O]c1c(C(=O)OCc2ccccc2)cccc1-c1ccccc1)([O]c1c(C(=O)OCc2ccccc2)cccc1-c1ccccc1)[c]1cccc2c3nc4nc(nc5[nH]c(nc6nc(nc([nH]3)c12)-c1ccccc1-6)c1ccccc51)-c1ccccc1-4. The molecular formula is C112H77F12N8O12Ti. The predicted octanol–water partition coefficient (Wildman–Crippen LogP) is 29.3. The van der Waals surface area contributed by atoms with Crippen LogP contribution in [0.3, 0.4) is 0 Å². The first-order chi connectivity index (χ1) is 67.7. The summed E-state index contributed by atoms with van der Waals surface area (Å²) in [6.07, 6.45) is 0. The fraction of sp³-hybridized carbons (Fsp3) is 0.0357. The van der Waals surface area contributed by atoms with E-state index >= 15 is 56.3 Å². The van der Waals surface area contributed by atoms with Crippen molar-refractivity contribution in [2.75, 3.05) is 0 Å². The topological polar surface area (TPSA) is 251 Å². The monoisotopic (exact) mass is 2000 g/mol. The van der Waals surface area contributed by atoms with Crippen molar-refractivity contribution < 1.29 is 96.4 Å². The second kappa shape index (κ2) is 18.2. The zero-order valence-corrected chi connectivity index (χ0v) is 77.2. The van der Waals surface area contributed by atoms with E-state index in [0.717, 1.165) is 127 Å². The van der Waals surface area contributed by atoms with Crippen molar-refractivity contribution in [3.63, 3.8) is 0 Å². The number of carbonyl (C=O) groups excluding carboxylic acids is 4. The van der Waals surface area contributed by atoms with Crippen LogP contribution >= 0.6 is 0 Å². The molecule has 0 saturated heterocycles. The zero-order valence-electron chi connectivity index (χ0n) is 75.6. The Balaban J connectivity index is 1.14. The van der Waals surface area contributed by atoms with Crippen molar-refractivity contribution in [3.8, 4) is 113 Å². The summed E-state index contributed by atoms with van der Waals surface area (Å²) in [5, 5.41) is -6.86. The molecule has 0 amide bonds. The number of nitrogens with one attached hydrogen (secondary N) is 2. The molecule has 0 radical (unpaired) electrons. The van der Waals surface area contributed by atoms with Gasteiger partial charge < -0.3 is 0 Å². The number of rotatable bonds is 25. The Hall–Kier alpha value is -18.2. The van der Waals surface area contributed by atoms with Crippen LogP contribution in [0.25, 0.3) is 134 Å². The molecule has 3 aromatic heterocycles. The van der Waals surface area contributed by atoms with Gasteiger partial charge in [0, 0.05) is 0 Å². The van der Waals surface area contributed by atoms with Gasteiger partial charge in [-0.25, -0.2) is 0 Å². The van der Waals surface area contributed by atoms with Crippen molar-refractivity contribution in [1.82, 2.24) is 39.9 Å². The first-order valence-electron chi connectivity index (χ1n) is 45.5. The number of carbonyl (C=O) groups is 4. The molecule has 725 valence electrons. The number of hydrogen-bond donors (Lipinski definition) is 2. The van der Waals surface area contributed by atoms with Crippen LogP contribution in [0.2, 0.25) is 0 Å². The van der Waals surface area contributed by atoms with Crippen LogP contribution in [-0.4, -0.2) is 63.7 Å². The molecule has 33 heteroatoms. The van der Waals surface area contributed by atoms with E-state index in [9.17, 15) is 0 Å². The molecule has 2 aliphatic heterocycles. The number of aromatic amines is 2. The third-order valence-electron chi connectivity index (χ3n) is 26.3. The molecular weight excluding hydrogens is 1930 g/mol. The van der Waals surface area contributed by atoms with Crippen LogP contribution in [0.1, 0.15) is 63.7 Å². The Labute approximate surface area is 793 Å². The quantitative estimate of drug-likeness (QED) is 0.0233. The summed E-state index contributed by atoms with van der Waals surface area (Å²) >= 11 is 0. The molecule has 5 heterocycles. The van der Waals surface area contributed by atoms with Gasteiger partial charge in [-0.05, 0) is 0 Å². The third-order valence-corrected chi connectivity index (χ3v) is 41.4. The third kappa shape index (κ3) is 14.2. The summed E-state index contributed by atoms with van der Waals surface area (Å²) < 4.78 is 358. The van der Waals surface area contributed by atoms with Gasteiger partial charge in [-0.15, -0.1) is 0 Å². The van der Waals surface area contributed by atoms with Crippen molar-refractivity contribution in [2.45, 2.75) is 26.4 Å². The molecule has 2 N–H and O–H groups in total. The number of para-hydroxylation sites is 4. The average Bonchev–Trinajstić information content (AvgIpc) is 0.650. The van der Waals surface area contributed by atoms with Gasteiger partial charge >= 0.3 is 793 Å². The van der Waals surface area contributed by atoms with Gasteiger partial charge in [0.1, 0.15) is 0 Å². The van der Waals surface area contributed by atoms with Crippen molar-refractivity contribution in [3.05, 3.63) is 451 Å². The summed E-state index contributed by atoms with van der Waals surface area (Å²) in [6, 6.07) is 47.8. The van der Waals surface area contributed by atoms with E-state index in [1.165, 1.54) is 115 Å². The molecule has 0 atom stereocenters. The molecule has 21 rings (SSSR count). The second-order valence-electron chi connectivity index (χ2n) is 41.3. The zero-order chi connectivity index (χ0) is 101. The van der Waals surface area contributed by atoms with Gasteiger partial charge in [0.05, 0.1) is 0 Å². The van der Waals surface area contributed by atoms with E-state index in [2.05, 4.69) is 38.2 Å². The van der Waals surface area contributed by atoms with Crippen LogP contribution in [-0.2, 0) is 53.3 Å². The number of fused-ring (bicyclic) bond motifs is 20. The van der Waals surface area contributed by atoms with Crippen molar-refractivity contribution in [2.24, 2.45) is 0 Å². The van der Waals surface area contributed by atoms with Crippen molar-refractivity contribution in [1.29, 1.82) is 0 Å². The number of halogens is 12. The Morgan fingerprint density at radius 2 is 0.421 bits per heavy atom. The number of esters is 4. The van der Waals surface area contributed by atoms with E-state index in [4.69, 9.17) is 28.9 Å². The number of H-pyrrole nitrogens is 2. The van der Waals surface area contributed by atoms with Gasteiger partial charge in [-0.2, -0.15) is 0 Å². The Kier molecular flexibility index (Phi) is 11.7. The summed E-state index contributed by atoms with van der Waals surface area (Å²) in [5.41, 5.74) is -38.4. The van der Waals surface area contributed by atoms with Crippen molar-refractivity contribution >= 4 is 71.9 Å². The van der Waals surface area contributed by atoms with E-state index < -0.39 is 239 Å². The summed E-state index contributed by atoms with van der Waals surface area (Å²) in [5.74, 6) is -35.6. The second-order valence-corrected chi connectivity index (χ2v) is 76.1. The molecule has 145 heavy (non-hydrogen) atoms. The van der Waals surface area contributed by atoms with E-state index in [-0.39, 0.29) is 110 Å². The molecule has 0 fully saturated rings. The first-order valence-corrected chi connectivity index (χ1v) is 55.9. The number of benzene rings is 16. The molecule has 0 saturated carbocycles. The Morgan fingerprint density at radius 3 is 0.690 bits per heavy atom. The summed E-state index contributed by atoms with van der Waals surface area (Å²) in [7, 11) is -34.5. The molecule has 0 aliphatic carbocycles. The fourth-order valence-electron chi connectivity index (χ4n) is 19.7. The van der Waals surface area contributed by atoms with Gasteiger partial charge in [0.25, 0.3) is 0 Å². The predicted molar refractivity (Wildman–Crippen MR) is 521 cm³/mol. The minimum absolute atomic E-state index is 0.0453. The first kappa shape index (κ1) is 93.1. The maximum absolute atomic E-state index is 34.5. The van der Waals surface area contributed by atoms with E-state index in [1.807, 2.05) is 4.98 Å². The standard InChI is InChI=1S/C32H17N8.4C20H16O3.12FH.Ti/c1-2-10-18-17(9-1)25-33-26(18)38-28-21-13-5-6-14-22(21)30(35-28)40-32-24-16-8-7-15-23(24)31(36-32)39-29-20-12-4-3-11-19(20)27(34-29)37-25;4*21-19-17(16-10-5-2-6-11-16)12-7-13-18(19)20(22)23-14-15-8-3-1-4-9-15;;;;;;;;;;;;;/h1-15H,(H2,33,34,35,36,37,38,39,40);4*1-13,21H,14H2;12*1H;/q;;;;;;;;;;;;;;;;;+16/p-16. The number of hydrogen-bond acceptors (Lipinski definition) is 18. The molecule has 19 aromatic rings. The van der Waals surface area contributed by atoms with E-state index in [0.29, 0.717) is 53.9 Å². The molecule has 0 unspecified atom stereocenters. The maximum atomic E-state index is 27.7. The molecule has 2 aliphatic rings. The molecule has 8 bridgehead atoms. The molecule has 0 spiro atoms. The van der Waals surface area contributed by atoms with Crippen LogP contribution in [0.5, 0.6) is 23.0 Å². The fourth-order valence-corrected chi connectivity index (χ4v) is 34.7. The minimum atomic E-state index is -34.5. The van der Waals surface area contributed by atoms with Crippen LogP contribution < -0.4 is 17.1 Å². The number of ether oxygens (including phenoxy) is 4. The van der Waals surface area contributed by atoms with Gasteiger partial charge in [0.15, 0.2) is 0 Å². The number of nitrogens with zero attached hydrogens (tertiary/aromatic N) is 6.